The molecular formula is C16H13F2NO2. The zero-order valence-electron chi connectivity index (χ0n) is 11.3. The average Bonchev–Trinajstić information content (AvgIpc) is 2.44. The Morgan fingerprint density at radius 3 is 2.33 bits per heavy atom. The average molecular weight is 289 g/mol. The number of carbonyl (C=O) groups excluding carboxylic acids is 2. The topological polar surface area (TPSA) is 46.2 Å². The second-order valence-electron chi connectivity index (χ2n) is 4.57. The van der Waals surface area contributed by atoms with Crippen LogP contribution in [0, 0.1) is 11.6 Å². The van der Waals surface area contributed by atoms with Crippen molar-refractivity contribution in [3.8, 4) is 0 Å². The molecule has 0 bridgehead atoms. The number of rotatable bonds is 4. The van der Waals surface area contributed by atoms with E-state index in [0.29, 0.717) is 11.3 Å². The number of ketones is 1. The molecule has 0 aliphatic carbocycles. The summed E-state index contributed by atoms with van der Waals surface area (Å²) in [6.07, 6.45) is -0.219. The number of amides is 1. The SMILES string of the molecule is CC(=O)Nc1ccc(C(=O)Cc2cccc(F)c2F)cc1. The highest BCUT2D eigenvalue weighted by Crippen LogP contribution is 2.16. The molecule has 5 heteroatoms. The summed E-state index contributed by atoms with van der Waals surface area (Å²) in [7, 11) is 0. The molecule has 1 amide bonds. The third-order valence-electron chi connectivity index (χ3n) is 2.91. The van der Waals surface area contributed by atoms with Crippen LogP contribution in [0.5, 0.6) is 0 Å². The van der Waals surface area contributed by atoms with Crippen molar-refractivity contribution in [2.45, 2.75) is 13.3 Å². The Bertz CT molecular complexity index is 681. The third kappa shape index (κ3) is 3.72. The monoisotopic (exact) mass is 289 g/mol. The predicted molar refractivity (Wildman–Crippen MR) is 75.1 cm³/mol. The summed E-state index contributed by atoms with van der Waals surface area (Å²) in [5.41, 5.74) is 0.953. The molecule has 2 aromatic carbocycles. The predicted octanol–water partition coefficient (Wildman–Crippen LogP) is 3.35. The van der Waals surface area contributed by atoms with Crippen molar-refractivity contribution >= 4 is 17.4 Å². The van der Waals surface area contributed by atoms with Gasteiger partial charge in [0, 0.05) is 24.6 Å². The molecule has 2 aromatic rings. The van der Waals surface area contributed by atoms with Crippen molar-refractivity contribution in [3.63, 3.8) is 0 Å². The maximum Gasteiger partial charge on any atom is 0.221 e. The van der Waals surface area contributed by atoms with Crippen LogP contribution in [0.15, 0.2) is 42.5 Å². The maximum atomic E-state index is 13.5. The van der Waals surface area contributed by atoms with Gasteiger partial charge in [0.15, 0.2) is 17.4 Å². The second-order valence-corrected chi connectivity index (χ2v) is 4.57. The quantitative estimate of drug-likeness (QED) is 0.877. The van der Waals surface area contributed by atoms with Gasteiger partial charge >= 0.3 is 0 Å². The van der Waals surface area contributed by atoms with E-state index in [4.69, 9.17) is 0 Å². The first kappa shape index (κ1) is 14.8. The van der Waals surface area contributed by atoms with Gasteiger partial charge in [-0.3, -0.25) is 9.59 Å². The summed E-state index contributed by atoms with van der Waals surface area (Å²) < 4.78 is 26.6. The minimum atomic E-state index is -0.999. The molecule has 0 heterocycles. The summed E-state index contributed by atoms with van der Waals surface area (Å²) in [5.74, 6) is -2.51. The van der Waals surface area contributed by atoms with E-state index in [1.165, 1.54) is 31.2 Å². The Labute approximate surface area is 120 Å². The fraction of sp³-hybridized carbons (Fsp3) is 0.125. The van der Waals surface area contributed by atoms with Gasteiger partial charge in [-0.15, -0.1) is 0 Å². The van der Waals surface area contributed by atoms with Crippen molar-refractivity contribution in [3.05, 3.63) is 65.2 Å². The minimum absolute atomic E-state index is 0.0194. The molecule has 3 nitrogen and oxygen atoms in total. The van der Waals surface area contributed by atoms with Crippen LogP contribution in [-0.2, 0) is 11.2 Å². The van der Waals surface area contributed by atoms with E-state index in [0.717, 1.165) is 6.07 Å². The van der Waals surface area contributed by atoms with Crippen molar-refractivity contribution in [2.24, 2.45) is 0 Å². The van der Waals surface area contributed by atoms with Crippen molar-refractivity contribution in [1.29, 1.82) is 0 Å². The first-order valence-corrected chi connectivity index (χ1v) is 6.31. The van der Waals surface area contributed by atoms with Crippen LogP contribution in [0.1, 0.15) is 22.8 Å². The van der Waals surface area contributed by atoms with Gasteiger partial charge in [-0.2, -0.15) is 0 Å². The summed E-state index contributed by atoms with van der Waals surface area (Å²) in [4.78, 5) is 22.9. The molecule has 0 atom stereocenters. The fourth-order valence-electron chi connectivity index (χ4n) is 1.90. The van der Waals surface area contributed by atoms with Crippen LogP contribution in [0.2, 0.25) is 0 Å². The van der Waals surface area contributed by atoms with Crippen molar-refractivity contribution in [2.75, 3.05) is 5.32 Å². The molecule has 21 heavy (non-hydrogen) atoms. The highest BCUT2D eigenvalue weighted by molar-refractivity contribution is 5.98. The van der Waals surface area contributed by atoms with E-state index >= 15 is 0 Å². The standard InChI is InChI=1S/C16H13F2NO2/c1-10(20)19-13-7-5-11(6-8-13)15(21)9-12-3-2-4-14(17)16(12)18/h2-8H,9H2,1H3,(H,19,20). The molecule has 0 radical (unpaired) electrons. The van der Waals surface area contributed by atoms with Gasteiger partial charge in [-0.1, -0.05) is 12.1 Å². The lowest BCUT2D eigenvalue weighted by Gasteiger charge is -2.05. The molecule has 0 fully saturated rings. The lowest BCUT2D eigenvalue weighted by Crippen LogP contribution is -2.08. The van der Waals surface area contributed by atoms with Gasteiger partial charge in [-0.05, 0) is 35.9 Å². The fourth-order valence-corrected chi connectivity index (χ4v) is 1.90. The Hall–Kier alpha value is -2.56. The van der Waals surface area contributed by atoms with Gasteiger partial charge in [0.25, 0.3) is 0 Å². The number of hydrogen-bond donors (Lipinski definition) is 1. The van der Waals surface area contributed by atoms with Gasteiger partial charge < -0.3 is 5.32 Å². The van der Waals surface area contributed by atoms with Gasteiger partial charge in [0.1, 0.15) is 0 Å². The molecule has 0 unspecified atom stereocenters. The van der Waals surface area contributed by atoms with Gasteiger partial charge in [0.2, 0.25) is 5.91 Å². The minimum Gasteiger partial charge on any atom is -0.326 e. The normalized spacial score (nSPS) is 10.2. The molecular weight excluding hydrogens is 276 g/mol. The van der Waals surface area contributed by atoms with Crippen LogP contribution >= 0.6 is 0 Å². The smallest absolute Gasteiger partial charge is 0.221 e. The number of benzene rings is 2. The van der Waals surface area contributed by atoms with E-state index in [2.05, 4.69) is 5.32 Å². The van der Waals surface area contributed by atoms with Crippen molar-refractivity contribution in [1.82, 2.24) is 0 Å². The molecule has 0 saturated carbocycles. The maximum absolute atomic E-state index is 13.5. The van der Waals surface area contributed by atoms with Crippen molar-refractivity contribution < 1.29 is 18.4 Å². The van der Waals surface area contributed by atoms with Crippen LogP contribution in [0.4, 0.5) is 14.5 Å². The molecule has 2 rings (SSSR count). The number of anilines is 1. The number of hydrogen-bond acceptors (Lipinski definition) is 2. The van der Waals surface area contributed by atoms with E-state index in [1.54, 1.807) is 12.1 Å². The molecule has 0 saturated heterocycles. The van der Waals surface area contributed by atoms with E-state index in [9.17, 15) is 18.4 Å². The molecule has 0 spiro atoms. The van der Waals surface area contributed by atoms with E-state index in [1.807, 2.05) is 0 Å². The first-order valence-electron chi connectivity index (χ1n) is 6.31. The summed E-state index contributed by atoms with van der Waals surface area (Å²) >= 11 is 0. The highest BCUT2D eigenvalue weighted by atomic mass is 19.2. The highest BCUT2D eigenvalue weighted by Gasteiger charge is 2.13. The Kier molecular flexibility index (Phi) is 4.42. The third-order valence-corrected chi connectivity index (χ3v) is 2.91. The number of halogens is 2. The lowest BCUT2D eigenvalue weighted by molar-refractivity contribution is -0.114. The molecule has 0 aliphatic rings. The van der Waals surface area contributed by atoms with Crippen LogP contribution in [-0.4, -0.2) is 11.7 Å². The van der Waals surface area contributed by atoms with Gasteiger partial charge in [0.05, 0.1) is 0 Å². The number of carbonyl (C=O) groups is 2. The van der Waals surface area contributed by atoms with E-state index < -0.39 is 11.6 Å². The van der Waals surface area contributed by atoms with Crippen LogP contribution < -0.4 is 5.32 Å². The number of Topliss-reactive ketones (excluding diaryl/α,β-unsaturated/α-hetero) is 1. The lowest BCUT2D eigenvalue weighted by atomic mass is 10.0. The Balaban J connectivity index is 2.13. The van der Waals surface area contributed by atoms with Crippen LogP contribution in [0.3, 0.4) is 0 Å². The van der Waals surface area contributed by atoms with Crippen LogP contribution in [0.25, 0.3) is 0 Å². The Morgan fingerprint density at radius 2 is 1.71 bits per heavy atom. The largest absolute Gasteiger partial charge is 0.326 e. The number of nitrogens with one attached hydrogen (secondary N) is 1. The zero-order chi connectivity index (χ0) is 15.4. The molecule has 0 aromatic heterocycles. The first-order chi connectivity index (χ1) is 9.97. The molecule has 108 valence electrons. The van der Waals surface area contributed by atoms with E-state index in [-0.39, 0.29) is 23.7 Å². The summed E-state index contributed by atoms with van der Waals surface area (Å²) in [6.45, 7) is 1.38. The molecule has 0 aliphatic heterocycles. The van der Waals surface area contributed by atoms with Gasteiger partial charge in [-0.25, -0.2) is 8.78 Å². The summed E-state index contributed by atoms with van der Waals surface area (Å²) in [6, 6.07) is 9.97. The summed E-state index contributed by atoms with van der Waals surface area (Å²) in [5, 5.41) is 2.58. The zero-order valence-corrected chi connectivity index (χ0v) is 11.3. The molecule has 1 N–H and O–H groups in total. The Morgan fingerprint density at radius 1 is 1.05 bits per heavy atom. The second kappa shape index (κ2) is 6.26.